The molecular formula is C10H12IN5O2. The number of carbonyl (C=O) groups is 1. The van der Waals surface area contributed by atoms with Crippen LogP contribution in [0.5, 0.6) is 0 Å². The molecule has 1 unspecified atom stereocenters. The number of nitrogens with zero attached hydrogens (tertiary/aromatic N) is 4. The zero-order valence-corrected chi connectivity index (χ0v) is 12.1. The fraction of sp³-hybridized carbons (Fsp3) is 0.400. The molecule has 18 heavy (non-hydrogen) atoms. The predicted molar refractivity (Wildman–Crippen MR) is 73.7 cm³/mol. The van der Waals surface area contributed by atoms with E-state index in [4.69, 9.17) is 10.5 Å². The molecule has 2 N–H and O–H groups in total. The third-order valence-corrected chi connectivity index (χ3v) is 2.77. The number of aromatic nitrogens is 4. The van der Waals surface area contributed by atoms with Gasteiger partial charge in [0.2, 0.25) is 0 Å². The molecular weight excluding hydrogens is 349 g/mol. The van der Waals surface area contributed by atoms with Crippen LogP contribution >= 0.6 is 22.6 Å². The number of nitrogen functional groups attached to an aromatic ring is 1. The minimum absolute atomic E-state index is 0.256. The van der Waals surface area contributed by atoms with E-state index < -0.39 is 0 Å². The maximum absolute atomic E-state index is 10.9. The van der Waals surface area contributed by atoms with Gasteiger partial charge in [-0.2, -0.15) is 0 Å². The van der Waals surface area contributed by atoms with Crippen LogP contribution in [0.25, 0.3) is 11.2 Å². The highest BCUT2D eigenvalue weighted by atomic mass is 127. The Morgan fingerprint density at radius 2 is 2.33 bits per heavy atom. The smallest absolute Gasteiger partial charge is 0.302 e. The summed E-state index contributed by atoms with van der Waals surface area (Å²) in [6.07, 6.45) is 1.36. The van der Waals surface area contributed by atoms with Gasteiger partial charge in [-0.15, -0.1) is 0 Å². The summed E-state index contributed by atoms with van der Waals surface area (Å²) >= 11 is 1.99. The van der Waals surface area contributed by atoms with E-state index in [0.29, 0.717) is 27.4 Å². The fourth-order valence-corrected chi connectivity index (χ4v) is 2.16. The van der Waals surface area contributed by atoms with Gasteiger partial charge in [-0.25, -0.2) is 15.0 Å². The highest BCUT2D eigenvalue weighted by molar-refractivity contribution is 14.1. The molecule has 0 amide bonds. The van der Waals surface area contributed by atoms with Crippen molar-refractivity contribution in [2.75, 3.05) is 5.73 Å². The molecule has 8 heteroatoms. The summed E-state index contributed by atoms with van der Waals surface area (Å²) in [7, 11) is 0. The molecule has 0 radical (unpaired) electrons. The minimum atomic E-state index is -0.310. The van der Waals surface area contributed by atoms with E-state index in [1.54, 1.807) is 10.9 Å². The van der Waals surface area contributed by atoms with Crippen molar-refractivity contribution >= 4 is 45.5 Å². The highest BCUT2D eigenvalue weighted by Crippen LogP contribution is 2.17. The quantitative estimate of drug-likeness (QED) is 0.497. The predicted octanol–water partition coefficient (Wildman–Crippen LogP) is 0.965. The molecule has 2 heterocycles. The number of hydrogen-bond acceptors (Lipinski definition) is 6. The molecule has 2 aromatic heterocycles. The number of imidazole rings is 1. The summed E-state index contributed by atoms with van der Waals surface area (Å²) in [5.74, 6) is 0.0407. The number of halogens is 1. The lowest BCUT2D eigenvalue weighted by molar-refractivity contribution is -0.145. The number of rotatable bonds is 3. The average molecular weight is 361 g/mol. The van der Waals surface area contributed by atoms with Crippen molar-refractivity contribution in [3.8, 4) is 0 Å². The number of hydrogen-bond donors (Lipinski definition) is 1. The highest BCUT2D eigenvalue weighted by Gasteiger charge is 2.13. The number of esters is 1. The molecule has 7 nitrogen and oxygen atoms in total. The van der Waals surface area contributed by atoms with Gasteiger partial charge >= 0.3 is 5.97 Å². The van der Waals surface area contributed by atoms with Crippen LogP contribution in [0.3, 0.4) is 0 Å². The van der Waals surface area contributed by atoms with Crippen molar-refractivity contribution < 1.29 is 9.53 Å². The standard InChI is InChI=1S/C10H12IN5O2/c1-5(18-6(2)17)3-16-4-13-7-8(12)14-10(11)15-9(7)16/h4-5H,3H2,1-2H3,(H2,12,14,15). The zero-order chi connectivity index (χ0) is 13.3. The third-order valence-electron chi connectivity index (χ3n) is 2.28. The van der Waals surface area contributed by atoms with Gasteiger partial charge in [-0.3, -0.25) is 4.79 Å². The zero-order valence-electron chi connectivity index (χ0n) is 9.92. The van der Waals surface area contributed by atoms with Crippen molar-refractivity contribution in [3.63, 3.8) is 0 Å². The first-order chi connectivity index (χ1) is 8.47. The van der Waals surface area contributed by atoms with Crippen molar-refractivity contribution in [1.29, 1.82) is 0 Å². The SMILES string of the molecule is CC(=O)OC(C)Cn1cnc2c(N)nc(I)nc21. The van der Waals surface area contributed by atoms with Gasteiger partial charge in [-0.1, -0.05) is 0 Å². The second-order valence-electron chi connectivity index (χ2n) is 3.87. The Kier molecular flexibility index (Phi) is 3.64. The van der Waals surface area contributed by atoms with E-state index in [2.05, 4.69) is 15.0 Å². The summed E-state index contributed by atoms with van der Waals surface area (Å²) in [6.45, 7) is 3.66. The van der Waals surface area contributed by atoms with Crippen LogP contribution < -0.4 is 5.73 Å². The summed E-state index contributed by atoms with van der Waals surface area (Å²) in [6, 6.07) is 0. The Balaban J connectivity index is 2.32. The van der Waals surface area contributed by atoms with Crippen LogP contribution in [-0.2, 0) is 16.1 Å². The lowest BCUT2D eigenvalue weighted by Crippen LogP contribution is -2.19. The Bertz CT molecular complexity index is 597. The molecule has 0 bridgehead atoms. The summed E-state index contributed by atoms with van der Waals surface area (Å²) in [5, 5.41) is 0. The van der Waals surface area contributed by atoms with Gasteiger partial charge in [0, 0.05) is 29.5 Å². The van der Waals surface area contributed by atoms with Crippen molar-refractivity contribution in [2.24, 2.45) is 0 Å². The van der Waals surface area contributed by atoms with E-state index in [9.17, 15) is 4.79 Å². The van der Waals surface area contributed by atoms with Crippen molar-refractivity contribution in [2.45, 2.75) is 26.5 Å². The molecule has 2 rings (SSSR count). The molecule has 0 aliphatic rings. The average Bonchev–Trinajstić information content (AvgIpc) is 2.60. The molecule has 0 saturated carbocycles. The largest absolute Gasteiger partial charge is 0.461 e. The van der Waals surface area contributed by atoms with Crippen LogP contribution in [-0.4, -0.2) is 31.6 Å². The lowest BCUT2D eigenvalue weighted by Gasteiger charge is -2.12. The molecule has 96 valence electrons. The Hall–Kier alpha value is -1.45. The Labute approximate surface area is 117 Å². The Morgan fingerprint density at radius 1 is 1.61 bits per heavy atom. The van der Waals surface area contributed by atoms with Gasteiger partial charge in [0.05, 0.1) is 12.9 Å². The number of anilines is 1. The minimum Gasteiger partial charge on any atom is -0.461 e. The van der Waals surface area contributed by atoms with Crippen molar-refractivity contribution in [3.05, 3.63) is 10.2 Å². The first-order valence-corrected chi connectivity index (χ1v) is 6.36. The molecule has 0 saturated heterocycles. The summed E-state index contributed by atoms with van der Waals surface area (Å²) < 4.78 is 7.42. The maximum atomic E-state index is 10.9. The topological polar surface area (TPSA) is 95.9 Å². The number of nitrogens with two attached hydrogens (primary N) is 1. The summed E-state index contributed by atoms with van der Waals surface area (Å²) in [5.41, 5.74) is 6.97. The van der Waals surface area contributed by atoms with Crippen LogP contribution in [0.2, 0.25) is 0 Å². The third kappa shape index (κ3) is 2.68. The molecule has 0 spiro atoms. The van der Waals surface area contributed by atoms with E-state index in [0.717, 1.165) is 0 Å². The number of fused-ring (bicyclic) bond motifs is 1. The maximum Gasteiger partial charge on any atom is 0.302 e. The van der Waals surface area contributed by atoms with Gasteiger partial charge in [-0.05, 0) is 6.92 Å². The fourth-order valence-electron chi connectivity index (χ4n) is 1.67. The molecule has 0 aliphatic carbocycles. The summed E-state index contributed by atoms with van der Waals surface area (Å²) in [4.78, 5) is 23.3. The molecule has 0 aromatic carbocycles. The molecule has 0 fully saturated rings. The second-order valence-corrected chi connectivity index (χ2v) is 4.83. The van der Waals surface area contributed by atoms with E-state index in [-0.39, 0.29) is 12.1 Å². The number of ether oxygens (including phenoxy) is 1. The van der Waals surface area contributed by atoms with Crippen LogP contribution in [0.15, 0.2) is 6.33 Å². The normalized spacial score (nSPS) is 12.6. The number of carbonyl (C=O) groups excluding carboxylic acids is 1. The molecule has 2 aromatic rings. The molecule has 1 atom stereocenters. The monoisotopic (exact) mass is 361 g/mol. The first kappa shape index (κ1) is 13.0. The van der Waals surface area contributed by atoms with E-state index in [1.165, 1.54) is 6.92 Å². The van der Waals surface area contributed by atoms with Gasteiger partial charge in [0.25, 0.3) is 0 Å². The van der Waals surface area contributed by atoms with Crippen LogP contribution in [0, 0.1) is 3.83 Å². The van der Waals surface area contributed by atoms with Gasteiger partial charge < -0.3 is 15.0 Å². The van der Waals surface area contributed by atoms with Crippen molar-refractivity contribution in [1.82, 2.24) is 19.5 Å². The molecule has 0 aliphatic heterocycles. The van der Waals surface area contributed by atoms with Crippen LogP contribution in [0.4, 0.5) is 5.82 Å². The Morgan fingerprint density at radius 3 is 3.00 bits per heavy atom. The van der Waals surface area contributed by atoms with E-state index >= 15 is 0 Å². The lowest BCUT2D eigenvalue weighted by atomic mass is 10.4. The van der Waals surface area contributed by atoms with Gasteiger partial charge in [0.15, 0.2) is 15.3 Å². The van der Waals surface area contributed by atoms with E-state index in [1.807, 2.05) is 29.5 Å². The second kappa shape index (κ2) is 5.04. The van der Waals surface area contributed by atoms with Gasteiger partial charge in [0.1, 0.15) is 11.6 Å². The van der Waals surface area contributed by atoms with Crippen LogP contribution in [0.1, 0.15) is 13.8 Å². The first-order valence-electron chi connectivity index (χ1n) is 5.28.